The highest BCUT2D eigenvalue weighted by molar-refractivity contribution is 9.10. The van der Waals surface area contributed by atoms with Crippen molar-refractivity contribution in [3.05, 3.63) is 64.4 Å². The van der Waals surface area contributed by atoms with Crippen LogP contribution in [-0.2, 0) is 0 Å². The molecule has 0 aliphatic rings. The lowest BCUT2D eigenvalue weighted by Crippen LogP contribution is -1.81. The van der Waals surface area contributed by atoms with E-state index in [2.05, 4.69) is 38.3 Å². The van der Waals surface area contributed by atoms with Gasteiger partial charge in [-0.3, -0.25) is 5.10 Å². The maximum atomic E-state index is 12.9. The normalized spacial score (nSPS) is 10.8. The number of hydrogen-bond acceptors (Lipinski definition) is 1. The van der Waals surface area contributed by atoms with Gasteiger partial charge in [-0.05, 0) is 48.9 Å². The fraction of sp³-hybridized carbons (Fsp3) is 0.0625. The van der Waals surface area contributed by atoms with Crippen molar-refractivity contribution < 1.29 is 4.39 Å². The van der Waals surface area contributed by atoms with Gasteiger partial charge in [0.15, 0.2) is 0 Å². The van der Waals surface area contributed by atoms with Gasteiger partial charge >= 0.3 is 0 Å². The third-order valence-corrected chi connectivity index (χ3v) is 3.79. The van der Waals surface area contributed by atoms with Gasteiger partial charge in [0.25, 0.3) is 0 Å². The number of halogens is 2. The summed E-state index contributed by atoms with van der Waals surface area (Å²) in [4.78, 5) is 0. The highest BCUT2D eigenvalue weighted by Crippen LogP contribution is 2.30. The molecule has 2 nitrogen and oxygen atoms in total. The largest absolute Gasteiger partial charge is 0.277 e. The Labute approximate surface area is 124 Å². The molecule has 0 aliphatic heterocycles. The molecule has 20 heavy (non-hydrogen) atoms. The van der Waals surface area contributed by atoms with E-state index in [0.717, 1.165) is 27.0 Å². The number of aromatic nitrogens is 2. The molecule has 0 unspecified atom stereocenters. The number of aryl methyl sites for hydroxylation is 1. The molecule has 1 aromatic heterocycles. The molecule has 4 heteroatoms. The van der Waals surface area contributed by atoms with Gasteiger partial charge in [-0.15, -0.1) is 0 Å². The fourth-order valence-electron chi connectivity index (χ4n) is 2.07. The zero-order chi connectivity index (χ0) is 14.1. The summed E-state index contributed by atoms with van der Waals surface area (Å²) in [7, 11) is 0. The summed E-state index contributed by atoms with van der Waals surface area (Å²) in [6, 6.07) is 14.4. The van der Waals surface area contributed by atoms with Gasteiger partial charge in [-0.2, -0.15) is 5.10 Å². The van der Waals surface area contributed by atoms with Gasteiger partial charge < -0.3 is 0 Å². The number of aromatic amines is 1. The fourth-order valence-corrected chi connectivity index (χ4v) is 2.77. The molecule has 0 spiro atoms. The van der Waals surface area contributed by atoms with E-state index in [1.807, 2.05) is 19.1 Å². The Bertz CT molecular complexity index is 747. The second-order valence-electron chi connectivity index (χ2n) is 4.66. The molecule has 1 heterocycles. The van der Waals surface area contributed by atoms with E-state index in [9.17, 15) is 4.39 Å². The van der Waals surface area contributed by atoms with E-state index in [4.69, 9.17) is 0 Å². The summed E-state index contributed by atoms with van der Waals surface area (Å²) in [5, 5.41) is 7.31. The van der Waals surface area contributed by atoms with Crippen molar-refractivity contribution in [3.63, 3.8) is 0 Å². The van der Waals surface area contributed by atoms with Crippen LogP contribution < -0.4 is 0 Å². The summed E-state index contributed by atoms with van der Waals surface area (Å²) >= 11 is 3.56. The molecule has 1 N–H and O–H groups in total. The third kappa shape index (κ3) is 2.51. The first-order valence-corrected chi connectivity index (χ1v) is 7.00. The van der Waals surface area contributed by atoms with Gasteiger partial charge in [0.05, 0.1) is 11.4 Å². The molecule has 2 aromatic carbocycles. The number of nitrogens with zero attached hydrogens (tertiary/aromatic N) is 1. The summed E-state index contributed by atoms with van der Waals surface area (Å²) in [6.45, 7) is 2.05. The maximum absolute atomic E-state index is 12.9. The Kier molecular flexibility index (Phi) is 3.40. The molecule has 0 radical (unpaired) electrons. The molecular weight excluding hydrogens is 319 g/mol. The van der Waals surface area contributed by atoms with Crippen LogP contribution in [0.2, 0.25) is 0 Å². The SMILES string of the molecule is Cc1ccc(-c2cc(-c3ccc(F)cc3)n[nH]2)c(Br)c1. The number of rotatable bonds is 2. The molecule has 0 fully saturated rings. The molecule has 3 rings (SSSR count). The monoisotopic (exact) mass is 330 g/mol. The first kappa shape index (κ1) is 13.1. The number of benzene rings is 2. The molecule has 0 amide bonds. The molecule has 0 saturated heterocycles. The van der Waals surface area contributed by atoms with Crippen molar-refractivity contribution in [2.45, 2.75) is 6.92 Å². The first-order valence-electron chi connectivity index (χ1n) is 6.21. The van der Waals surface area contributed by atoms with Crippen molar-refractivity contribution in [1.82, 2.24) is 10.2 Å². The summed E-state index contributed by atoms with van der Waals surface area (Å²) in [5.41, 5.74) is 4.86. The quantitative estimate of drug-likeness (QED) is 0.707. The van der Waals surface area contributed by atoms with Gasteiger partial charge in [0, 0.05) is 15.6 Å². The van der Waals surface area contributed by atoms with Gasteiger partial charge in [0.1, 0.15) is 5.82 Å². The van der Waals surface area contributed by atoms with E-state index in [1.54, 1.807) is 12.1 Å². The lowest BCUT2D eigenvalue weighted by Gasteiger charge is -2.02. The highest BCUT2D eigenvalue weighted by atomic mass is 79.9. The number of hydrogen-bond donors (Lipinski definition) is 1. The first-order chi connectivity index (χ1) is 9.63. The van der Waals surface area contributed by atoms with E-state index in [0.29, 0.717) is 0 Å². The van der Waals surface area contributed by atoms with Gasteiger partial charge in [0.2, 0.25) is 0 Å². The third-order valence-electron chi connectivity index (χ3n) is 3.13. The van der Waals surface area contributed by atoms with Crippen LogP contribution in [0.5, 0.6) is 0 Å². The van der Waals surface area contributed by atoms with Crippen molar-refractivity contribution >= 4 is 15.9 Å². The Morgan fingerprint density at radius 1 is 1.05 bits per heavy atom. The van der Waals surface area contributed by atoms with Gasteiger partial charge in [-0.1, -0.05) is 28.1 Å². The van der Waals surface area contributed by atoms with E-state index >= 15 is 0 Å². The van der Waals surface area contributed by atoms with Gasteiger partial charge in [-0.25, -0.2) is 4.39 Å². The van der Waals surface area contributed by atoms with E-state index in [1.165, 1.54) is 17.7 Å². The summed E-state index contributed by atoms with van der Waals surface area (Å²) < 4.78 is 13.9. The maximum Gasteiger partial charge on any atom is 0.123 e. The highest BCUT2D eigenvalue weighted by Gasteiger charge is 2.08. The number of H-pyrrole nitrogens is 1. The van der Waals surface area contributed by atoms with Crippen LogP contribution in [0.25, 0.3) is 22.5 Å². The topological polar surface area (TPSA) is 28.7 Å². The lowest BCUT2D eigenvalue weighted by molar-refractivity contribution is 0.628. The molecule has 0 atom stereocenters. The summed E-state index contributed by atoms with van der Waals surface area (Å²) in [6.07, 6.45) is 0. The van der Waals surface area contributed by atoms with Crippen molar-refractivity contribution in [2.24, 2.45) is 0 Å². The predicted molar refractivity (Wildman–Crippen MR) is 81.9 cm³/mol. The van der Waals surface area contributed by atoms with Crippen LogP contribution in [0.4, 0.5) is 4.39 Å². The lowest BCUT2D eigenvalue weighted by atomic mass is 10.1. The molecule has 100 valence electrons. The van der Waals surface area contributed by atoms with Crippen molar-refractivity contribution in [2.75, 3.05) is 0 Å². The predicted octanol–water partition coefficient (Wildman–Crippen LogP) is 4.95. The molecule has 0 aliphatic carbocycles. The minimum absolute atomic E-state index is 0.245. The van der Waals surface area contributed by atoms with Crippen LogP contribution >= 0.6 is 15.9 Å². The second kappa shape index (κ2) is 5.21. The van der Waals surface area contributed by atoms with Crippen LogP contribution in [0.1, 0.15) is 5.56 Å². The van der Waals surface area contributed by atoms with E-state index in [-0.39, 0.29) is 5.82 Å². The van der Waals surface area contributed by atoms with E-state index < -0.39 is 0 Å². The average Bonchev–Trinajstić information content (AvgIpc) is 2.89. The second-order valence-corrected chi connectivity index (χ2v) is 5.51. The molecule has 0 bridgehead atoms. The van der Waals surface area contributed by atoms with Crippen LogP contribution in [-0.4, -0.2) is 10.2 Å². The summed E-state index contributed by atoms with van der Waals surface area (Å²) in [5.74, 6) is -0.245. The van der Waals surface area contributed by atoms with Crippen LogP contribution in [0, 0.1) is 12.7 Å². The Hall–Kier alpha value is -1.94. The molecular formula is C16H12BrFN2. The smallest absolute Gasteiger partial charge is 0.123 e. The standard InChI is InChI=1S/C16H12BrFN2/c1-10-2-7-13(14(17)8-10)16-9-15(19-20-16)11-3-5-12(18)6-4-11/h2-9H,1H3,(H,19,20). The number of nitrogens with one attached hydrogen (secondary N) is 1. The zero-order valence-corrected chi connectivity index (χ0v) is 12.4. The van der Waals surface area contributed by atoms with Crippen LogP contribution in [0.3, 0.4) is 0 Å². The zero-order valence-electron chi connectivity index (χ0n) is 10.8. The Morgan fingerprint density at radius 2 is 1.80 bits per heavy atom. The average molecular weight is 331 g/mol. The van der Waals surface area contributed by atoms with Crippen molar-refractivity contribution in [3.8, 4) is 22.5 Å². The Morgan fingerprint density at radius 3 is 2.50 bits per heavy atom. The minimum atomic E-state index is -0.245. The Balaban J connectivity index is 1.99. The van der Waals surface area contributed by atoms with Crippen LogP contribution in [0.15, 0.2) is 53.0 Å². The minimum Gasteiger partial charge on any atom is -0.277 e. The molecule has 3 aromatic rings. The van der Waals surface area contributed by atoms with Crippen molar-refractivity contribution in [1.29, 1.82) is 0 Å². The molecule has 0 saturated carbocycles.